The first-order valence-corrected chi connectivity index (χ1v) is 7.72. The first-order valence-electron chi connectivity index (χ1n) is 7.72. The van der Waals surface area contributed by atoms with E-state index in [2.05, 4.69) is 11.9 Å². The SMILES string of the molecule is C[C@H]1CCCN(C(=O)c2coc(-c3ccccc3)n2)[C@H]1CN. The Labute approximate surface area is 130 Å². The van der Waals surface area contributed by atoms with Crippen LogP contribution < -0.4 is 5.73 Å². The number of likely N-dealkylation sites (tertiary alicyclic amines) is 1. The van der Waals surface area contributed by atoms with Crippen LogP contribution in [0.3, 0.4) is 0 Å². The predicted molar refractivity (Wildman–Crippen MR) is 84.2 cm³/mol. The molecule has 5 heteroatoms. The van der Waals surface area contributed by atoms with Crippen molar-refractivity contribution in [1.82, 2.24) is 9.88 Å². The van der Waals surface area contributed by atoms with Crippen LogP contribution in [0.2, 0.25) is 0 Å². The van der Waals surface area contributed by atoms with Crippen molar-refractivity contribution in [2.75, 3.05) is 13.1 Å². The van der Waals surface area contributed by atoms with E-state index in [0.29, 0.717) is 24.0 Å². The number of aromatic nitrogens is 1. The van der Waals surface area contributed by atoms with Crippen LogP contribution >= 0.6 is 0 Å². The van der Waals surface area contributed by atoms with Gasteiger partial charge >= 0.3 is 0 Å². The molecule has 0 saturated carbocycles. The Morgan fingerprint density at radius 3 is 2.91 bits per heavy atom. The van der Waals surface area contributed by atoms with Gasteiger partial charge in [0.25, 0.3) is 5.91 Å². The van der Waals surface area contributed by atoms with E-state index in [-0.39, 0.29) is 11.9 Å². The minimum atomic E-state index is -0.0899. The lowest BCUT2D eigenvalue weighted by atomic mass is 9.90. The predicted octanol–water partition coefficient (Wildman–Crippen LogP) is 2.54. The summed E-state index contributed by atoms with van der Waals surface area (Å²) in [5.74, 6) is 0.800. The summed E-state index contributed by atoms with van der Waals surface area (Å²) < 4.78 is 5.47. The van der Waals surface area contributed by atoms with Crippen molar-refractivity contribution >= 4 is 5.91 Å². The van der Waals surface area contributed by atoms with Crippen LogP contribution in [0.25, 0.3) is 11.5 Å². The monoisotopic (exact) mass is 299 g/mol. The van der Waals surface area contributed by atoms with Gasteiger partial charge in [-0.25, -0.2) is 4.98 Å². The van der Waals surface area contributed by atoms with Gasteiger partial charge in [0.2, 0.25) is 5.89 Å². The fourth-order valence-electron chi connectivity index (χ4n) is 3.09. The molecule has 0 bridgehead atoms. The van der Waals surface area contributed by atoms with Gasteiger partial charge in [-0.05, 0) is 30.9 Å². The highest BCUT2D eigenvalue weighted by Gasteiger charge is 2.32. The molecular formula is C17H21N3O2. The lowest BCUT2D eigenvalue weighted by Crippen LogP contribution is -2.51. The number of oxazole rings is 1. The minimum Gasteiger partial charge on any atom is -0.444 e. The van der Waals surface area contributed by atoms with Gasteiger partial charge in [0, 0.05) is 24.7 Å². The van der Waals surface area contributed by atoms with E-state index in [9.17, 15) is 4.79 Å². The Balaban J connectivity index is 1.82. The molecule has 1 fully saturated rings. The van der Waals surface area contributed by atoms with Crippen molar-refractivity contribution in [3.8, 4) is 11.5 Å². The van der Waals surface area contributed by atoms with E-state index in [1.54, 1.807) is 0 Å². The Kier molecular flexibility index (Phi) is 4.24. The second kappa shape index (κ2) is 6.32. The highest BCUT2D eigenvalue weighted by Crippen LogP contribution is 2.25. The molecule has 2 atom stereocenters. The van der Waals surface area contributed by atoms with Gasteiger partial charge in [0.05, 0.1) is 0 Å². The van der Waals surface area contributed by atoms with Gasteiger partial charge in [0.1, 0.15) is 6.26 Å². The fourth-order valence-corrected chi connectivity index (χ4v) is 3.09. The minimum absolute atomic E-state index is 0.0816. The largest absolute Gasteiger partial charge is 0.444 e. The molecule has 1 aromatic heterocycles. The van der Waals surface area contributed by atoms with Gasteiger partial charge in [0.15, 0.2) is 5.69 Å². The van der Waals surface area contributed by atoms with Gasteiger partial charge in [-0.3, -0.25) is 4.79 Å². The molecular weight excluding hydrogens is 278 g/mol. The average Bonchev–Trinajstić information content (AvgIpc) is 3.05. The van der Waals surface area contributed by atoms with E-state index in [0.717, 1.165) is 24.9 Å². The second-order valence-electron chi connectivity index (χ2n) is 5.83. The quantitative estimate of drug-likeness (QED) is 0.945. The van der Waals surface area contributed by atoms with E-state index in [4.69, 9.17) is 10.2 Å². The zero-order chi connectivity index (χ0) is 15.5. The molecule has 3 rings (SSSR count). The first-order chi connectivity index (χ1) is 10.7. The molecule has 1 aliphatic rings. The lowest BCUT2D eigenvalue weighted by molar-refractivity contribution is 0.0526. The summed E-state index contributed by atoms with van der Waals surface area (Å²) in [6.45, 7) is 3.37. The molecule has 1 saturated heterocycles. The number of hydrogen-bond acceptors (Lipinski definition) is 4. The van der Waals surface area contributed by atoms with Crippen molar-refractivity contribution in [1.29, 1.82) is 0 Å². The molecule has 1 aromatic carbocycles. The van der Waals surface area contributed by atoms with Crippen LogP contribution in [-0.4, -0.2) is 34.9 Å². The molecule has 2 heterocycles. The number of benzene rings is 1. The van der Waals surface area contributed by atoms with E-state index in [1.165, 1.54) is 6.26 Å². The number of hydrogen-bond donors (Lipinski definition) is 1. The standard InChI is InChI=1S/C17H21N3O2/c1-12-6-5-9-20(15(12)10-18)17(21)14-11-22-16(19-14)13-7-3-2-4-8-13/h2-4,7-8,11-12,15H,5-6,9-10,18H2,1H3/t12-,15-/m0/s1. The summed E-state index contributed by atoms with van der Waals surface area (Å²) >= 11 is 0. The second-order valence-corrected chi connectivity index (χ2v) is 5.83. The molecule has 22 heavy (non-hydrogen) atoms. The Morgan fingerprint density at radius 1 is 1.41 bits per heavy atom. The maximum Gasteiger partial charge on any atom is 0.276 e. The van der Waals surface area contributed by atoms with Crippen molar-refractivity contribution < 1.29 is 9.21 Å². The molecule has 2 N–H and O–H groups in total. The highest BCUT2D eigenvalue weighted by atomic mass is 16.3. The van der Waals surface area contributed by atoms with Crippen LogP contribution in [0.1, 0.15) is 30.3 Å². The molecule has 5 nitrogen and oxygen atoms in total. The maximum absolute atomic E-state index is 12.7. The lowest BCUT2D eigenvalue weighted by Gasteiger charge is -2.39. The first kappa shape index (κ1) is 14.8. The molecule has 1 aliphatic heterocycles. The fraction of sp³-hybridized carbons (Fsp3) is 0.412. The number of carbonyl (C=O) groups is 1. The van der Waals surface area contributed by atoms with Gasteiger partial charge in [-0.1, -0.05) is 25.1 Å². The third-order valence-electron chi connectivity index (χ3n) is 4.36. The third-order valence-corrected chi connectivity index (χ3v) is 4.36. The van der Waals surface area contributed by atoms with E-state index in [1.807, 2.05) is 35.2 Å². The summed E-state index contributed by atoms with van der Waals surface area (Å²) in [6.07, 6.45) is 3.56. The normalized spacial score (nSPS) is 21.8. The van der Waals surface area contributed by atoms with E-state index < -0.39 is 0 Å². The maximum atomic E-state index is 12.7. The molecule has 1 amide bonds. The van der Waals surface area contributed by atoms with Crippen LogP contribution in [0.15, 0.2) is 41.0 Å². The van der Waals surface area contributed by atoms with Gasteiger partial charge in [-0.15, -0.1) is 0 Å². The molecule has 116 valence electrons. The topological polar surface area (TPSA) is 72.4 Å². The van der Waals surface area contributed by atoms with Crippen molar-refractivity contribution in [3.63, 3.8) is 0 Å². The summed E-state index contributed by atoms with van der Waals surface area (Å²) in [4.78, 5) is 18.9. The van der Waals surface area contributed by atoms with Crippen molar-refractivity contribution in [2.45, 2.75) is 25.8 Å². The summed E-state index contributed by atoms with van der Waals surface area (Å²) in [7, 11) is 0. The number of carbonyl (C=O) groups excluding carboxylic acids is 1. The number of nitrogens with zero attached hydrogens (tertiary/aromatic N) is 2. The summed E-state index contributed by atoms with van der Waals surface area (Å²) in [5.41, 5.74) is 7.08. The average molecular weight is 299 g/mol. The highest BCUT2D eigenvalue weighted by molar-refractivity contribution is 5.92. The van der Waals surface area contributed by atoms with Crippen LogP contribution in [0.4, 0.5) is 0 Å². The third kappa shape index (κ3) is 2.76. The zero-order valence-corrected chi connectivity index (χ0v) is 12.7. The Morgan fingerprint density at radius 2 is 2.18 bits per heavy atom. The van der Waals surface area contributed by atoms with Crippen molar-refractivity contribution in [3.05, 3.63) is 42.3 Å². The van der Waals surface area contributed by atoms with E-state index >= 15 is 0 Å². The summed E-state index contributed by atoms with van der Waals surface area (Å²) in [6, 6.07) is 9.66. The smallest absolute Gasteiger partial charge is 0.276 e. The van der Waals surface area contributed by atoms with Gasteiger partial charge < -0.3 is 15.1 Å². The summed E-state index contributed by atoms with van der Waals surface area (Å²) in [5, 5.41) is 0. The number of amides is 1. The molecule has 0 aliphatic carbocycles. The van der Waals surface area contributed by atoms with Crippen molar-refractivity contribution in [2.24, 2.45) is 11.7 Å². The zero-order valence-electron chi connectivity index (χ0n) is 12.7. The number of piperidine rings is 1. The molecule has 2 aromatic rings. The molecule has 0 unspecified atom stereocenters. The van der Waals surface area contributed by atoms with Crippen LogP contribution in [-0.2, 0) is 0 Å². The van der Waals surface area contributed by atoms with Crippen LogP contribution in [0, 0.1) is 5.92 Å². The molecule has 0 spiro atoms. The number of rotatable bonds is 3. The Hall–Kier alpha value is -2.14. The van der Waals surface area contributed by atoms with Crippen LogP contribution in [0.5, 0.6) is 0 Å². The molecule has 0 radical (unpaired) electrons. The Bertz CT molecular complexity index is 638. The number of nitrogens with two attached hydrogens (primary N) is 1. The van der Waals surface area contributed by atoms with Gasteiger partial charge in [-0.2, -0.15) is 0 Å².